The average molecular weight is 452 g/mol. The normalized spacial score (nSPS) is 10.7. The Morgan fingerprint density at radius 2 is 1.61 bits per heavy atom. The fraction of sp³-hybridized carbons (Fsp3) is 0.0952. The zero-order valence-electron chi connectivity index (χ0n) is 17.2. The minimum Gasteiger partial charge on any atom is -0.381 e. The van der Waals surface area contributed by atoms with E-state index in [9.17, 15) is 29.4 Å². The smallest absolute Gasteiger partial charge is 0.311 e. The molecule has 3 aromatic carbocycles. The molecule has 0 radical (unpaired) electrons. The van der Waals surface area contributed by atoms with E-state index < -0.39 is 32.7 Å². The van der Waals surface area contributed by atoms with Crippen LogP contribution in [0.5, 0.6) is 0 Å². The van der Waals surface area contributed by atoms with Crippen molar-refractivity contribution in [3.05, 3.63) is 92.3 Å². The van der Waals surface area contributed by atoms with Crippen LogP contribution in [-0.4, -0.2) is 15.8 Å². The summed E-state index contributed by atoms with van der Waals surface area (Å²) in [5.41, 5.74) is -0.243. The number of nitro benzene ring substituents is 2. The summed E-state index contributed by atoms with van der Waals surface area (Å²) in [6.07, 6.45) is 0. The molecule has 33 heavy (non-hydrogen) atoms. The van der Waals surface area contributed by atoms with Gasteiger partial charge in [0.15, 0.2) is 5.69 Å². The van der Waals surface area contributed by atoms with Gasteiger partial charge in [-0.1, -0.05) is 30.3 Å². The number of anilines is 2. The first kappa shape index (κ1) is 22.9. The summed E-state index contributed by atoms with van der Waals surface area (Å²) in [4.78, 5) is 31.7. The number of carbonyl (C=O) groups is 1. The third-order valence-electron chi connectivity index (χ3n) is 4.35. The van der Waals surface area contributed by atoms with Crippen LogP contribution in [-0.2, 0) is 11.3 Å². The first-order valence-electron chi connectivity index (χ1n) is 9.48. The minimum atomic E-state index is -1.29. The van der Waals surface area contributed by atoms with Crippen LogP contribution >= 0.6 is 0 Å². The average Bonchev–Trinajstić information content (AvgIpc) is 2.77. The fourth-order valence-corrected chi connectivity index (χ4v) is 2.84. The first-order chi connectivity index (χ1) is 15.7. The predicted molar refractivity (Wildman–Crippen MR) is 118 cm³/mol. The van der Waals surface area contributed by atoms with Crippen molar-refractivity contribution in [2.45, 2.75) is 13.5 Å². The van der Waals surface area contributed by atoms with E-state index >= 15 is 0 Å². The van der Waals surface area contributed by atoms with E-state index in [4.69, 9.17) is 0 Å². The van der Waals surface area contributed by atoms with Crippen LogP contribution in [0.15, 0.2) is 70.9 Å². The van der Waals surface area contributed by atoms with Gasteiger partial charge in [-0.3, -0.25) is 25.0 Å². The van der Waals surface area contributed by atoms with Gasteiger partial charge in [-0.2, -0.15) is 4.39 Å². The number of hydrogen-bond acceptors (Lipinski definition) is 8. The maximum Gasteiger partial charge on any atom is 0.311 e. The molecule has 0 heterocycles. The SMILES string of the molecule is CC(=O)Nc1cc(NCc2ccccc2)ccc1N=Nc1cc(F)c([N+](=O)[O-])cc1[N+](=O)[O-]. The minimum absolute atomic E-state index is 0.142. The molecule has 0 unspecified atom stereocenters. The number of nitrogens with zero attached hydrogens (tertiary/aromatic N) is 4. The number of halogens is 1. The van der Waals surface area contributed by atoms with Gasteiger partial charge in [0.1, 0.15) is 5.69 Å². The molecule has 0 aromatic heterocycles. The summed E-state index contributed by atoms with van der Waals surface area (Å²) in [6.45, 7) is 1.82. The molecule has 0 saturated heterocycles. The van der Waals surface area contributed by atoms with Gasteiger partial charge in [0.05, 0.1) is 21.6 Å². The molecule has 168 valence electrons. The standard InChI is InChI=1S/C21H17FN6O5/c1-13(29)24-18-9-15(23-12-14-5-3-2-4-6-14)7-8-17(18)25-26-19-10-16(22)20(27(30)31)11-21(19)28(32)33/h2-11,23H,12H2,1H3,(H,24,29). The summed E-state index contributed by atoms with van der Waals surface area (Å²) in [5.74, 6) is -1.68. The number of rotatable bonds is 8. The molecular formula is C21H17FN6O5. The molecule has 12 heteroatoms. The molecule has 0 spiro atoms. The van der Waals surface area contributed by atoms with Crippen LogP contribution in [0.4, 0.5) is 38.5 Å². The molecule has 0 aliphatic heterocycles. The van der Waals surface area contributed by atoms with Crippen molar-refractivity contribution in [1.29, 1.82) is 0 Å². The van der Waals surface area contributed by atoms with Gasteiger partial charge in [0.25, 0.3) is 0 Å². The number of amides is 1. The van der Waals surface area contributed by atoms with E-state index in [2.05, 4.69) is 20.9 Å². The molecule has 0 aliphatic rings. The van der Waals surface area contributed by atoms with E-state index in [1.165, 1.54) is 13.0 Å². The number of nitro groups is 2. The van der Waals surface area contributed by atoms with Gasteiger partial charge < -0.3 is 10.6 Å². The molecule has 11 nitrogen and oxygen atoms in total. The topological polar surface area (TPSA) is 152 Å². The maximum atomic E-state index is 14.0. The van der Waals surface area contributed by atoms with Crippen molar-refractivity contribution in [1.82, 2.24) is 0 Å². The molecule has 0 bridgehead atoms. The van der Waals surface area contributed by atoms with Gasteiger partial charge in [-0.25, -0.2) is 0 Å². The Morgan fingerprint density at radius 1 is 0.939 bits per heavy atom. The van der Waals surface area contributed by atoms with Crippen molar-refractivity contribution in [3.8, 4) is 0 Å². The van der Waals surface area contributed by atoms with Crippen molar-refractivity contribution >= 4 is 40.0 Å². The second-order valence-corrected chi connectivity index (χ2v) is 6.76. The van der Waals surface area contributed by atoms with Gasteiger partial charge in [0.2, 0.25) is 11.7 Å². The van der Waals surface area contributed by atoms with Gasteiger partial charge >= 0.3 is 11.4 Å². The quantitative estimate of drug-likeness (QED) is 0.257. The van der Waals surface area contributed by atoms with Crippen LogP contribution in [0.25, 0.3) is 0 Å². The first-order valence-corrected chi connectivity index (χ1v) is 9.48. The van der Waals surface area contributed by atoms with Gasteiger partial charge in [0, 0.05) is 25.2 Å². The lowest BCUT2D eigenvalue weighted by Crippen LogP contribution is -2.07. The molecule has 2 N–H and O–H groups in total. The van der Waals surface area contributed by atoms with Crippen LogP contribution in [0.3, 0.4) is 0 Å². The number of hydrogen-bond donors (Lipinski definition) is 2. The van der Waals surface area contributed by atoms with Crippen LogP contribution in [0.2, 0.25) is 0 Å². The van der Waals surface area contributed by atoms with E-state index in [1.54, 1.807) is 12.1 Å². The molecule has 0 fully saturated rings. The number of azo groups is 1. The zero-order chi connectivity index (χ0) is 24.0. The fourth-order valence-electron chi connectivity index (χ4n) is 2.84. The second kappa shape index (κ2) is 10.0. The summed E-state index contributed by atoms with van der Waals surface area (Å²) in [6, 6.07) is 15.4. The Hall–Kier alpha value is -4.74. The Kier molecular flexibility index (Phi) is 6.98. The Labute approximate surface area is 186 Å². The summed E-state index contributed by atoms with van der Waals surface area (Å²) >= 11 is 0. The second-order valence-electron chi connectivity index (χ2n) is 6.76. The monoisotopic (exact) mass is 452 g/mol. The van der Waals surface area contributed by atoms with Crippen molar-refractivity contribution in [3.63, 3.8) is 0 Å². The van der Waals surface area contributed by atoms with Crippen molar-refractivity contribution in [2.24, 2.45) is 10.2 Å². The Bertz CT molecular complexity index is 1250. The highest BCUT2D eigenvalue weighted by Crippen LogP contribution is 2.36. The molecule has 3 aromatic rings. The van der Waals surface area contributed by atoms with Crippen molar-refractivity contribution in [2.75, 3.05) is 10.6 Å². The lowest BCUT2D eigenvalue weighted by atomic mass is 10.2. The number of nitrogens with one attached hydrogen (secondary N) is 2. The van der Waals surface area contributed by atoms with E-state index in [0.29, 0.717) is 24.4 Å². The highest BCUT2D eigenvalue weighted by atomic mass is 19.1. The predicted octanol–water partition coefficient (Wildman–Crippen LogP) is 5.63. The molecule has 0 atom stereocenters. The van der Waals surface area contributed by atoms with E-state index in [0.717, 1.165) is 5.56 Å². The molecule has 0 saturated carbocycles. The van der Waals surface area contributed by atoms with Crippen molar-refractivity contribution < 1.29 is 19.0 Å². The molecule has 3 rings (SSSR count). The largest absolute Gasteiger partial charge is 0.381 e. The van der Waals surface area contributed by atoms with Crippen LogP contribution < -0.4 is 10.6 Å². The Morgan fingerprint density at radius 3 is 2.24 bits per heavy atom. The summed E-state index contributed by atoms with van der Waals surface area (Å²) in [7, 11) is 0. The third kappa shape index (κ3) is 5.91. The van der Waals surface area contributed by atoms with Crippen LogP contribution in [0.1, 0.15) is 12.5 Å². The maximum absolute atomic E-state index is 14.0. The molecule has 1 amide bonds. The number of carbonyl (C=O) groups excluding carboxylic acids is 1. The van der Waals surface area contributed by atoms with Crippen LogP contribution in [0, 0.1) is 26.0 Å². The molecule has 0 aliphatic carbocycles. The van der Waals surface area contributed by atoms with Gasteiger partial charge in [-0.05, 0) is 23.8 Å². The van der Waals surface area contributed by atoms with E-state index in [1.807, 2.05) is 30.3 Å². The van der Waals surface area contributed by atoms with E-state index in [-0.39, 0.29) is 17.3 Å². The zero-order valence-corrected chi connectivity index (χ0v) is 17.2. The third-order valence-corrected chi connectivity index (χ3v) is 4.35. The molecular weight excluding hydrogens is 435 g/mol. The lowest BCUT2D eigenvalue weighted by Gasteiger charge is -2.11. The Balaban J connectivity index is 1.92. The highest BCUT2D eigenvalue weighted by molar-refractivity contribution is 5.92. The highest BCUT2D eigenvalue weighted by Gasteiger charge is 2.25. The lowest BCUT2D eigenvalue weighted by molar-refractivity contribution is -0.395. The number of benzene rings is 3. The van der Waals surface area contributed by atoms with Gasteiger partial charge in [-0.15, -0.1) is 10.2 Å². The summed E-state index contributed by atoms with van der Waals surface area (Å²) < 4.78 is 14.0. The summed E-state index contributed by atoms with van der Waals surface area (Å²) in [5, 5.41) is 35.5.